The van der Waals surface area contributed by atoms with Gasteiger partial charge in [0.05, 0.1) is 13.0 Å². The molecule has 31 heavy (non-hydrogen) atoms. The van der Waals surface area contributed by atoms with Crippen LogP contribution >= 0.6 is 15.9 Å². The highest BCUT2D eigenvalue weighted by Gasteiger charge is 2.35. The number of carbonyl (C=O) groups excluding carboxylic acids is 2. The van der Waals surface area contributed by atoms with Gasteiger partial charge in [0.15, 0.2) is 0 Å². The topological polar surface area (TPSA) is 67.9 Å². The van der Waals surface area contributed by atoms with Crippen LogP contribution < -0.4 is 19.7 Å². The van der Waals surface area contributed by atoms with Crippen molar-refractivity contribution < 1.29 is 19.1 Å². The zero-order valence-electron chi connectivity index (χ0n) is 16.9. The van der Waals surface area contributed by atoms with Crippen molar-refractivity contribution >= 4 is 39.1 Å². The van der Waals surface area contributed by atoms with Gasteiger partial charge in [-0.15, -0.1) is 0 Å². The van der Waals surface area contributed by atoms with Crippen LogP contribution in [0.5, 0.6) is 17.2 Å². The van der Waals surface area contributed by atoms with Crippen LogP contribution in [-0.2, 0) is 9.59 Å². The van der Waals surface area contributed by atoms with E-state index in [2.05, 4.69) is 21.2 Å². The monoisotopic (exact) mass is 480 g/mol. The number of hydrogen-bond donors (Lipinski definition) is 1. The molecule has 158 valence electrons. The second-order valence-corrected chi connectivity index (χ2v) is 8.09. The van der Waals surface area contributed by atoms with Crippen molar-refractivity contribution in [3.63, 3.8) is 0 Å². The van der Waals surface area contributed by atoms with E-state index in [-0.39, 0.29) is 18.2 Å². The summed E-state index contributed by atoms with van der Waals surface area (Å²) in [6.07, 6.45) is 0.174. The Labute approximate surface area is 188 Å². The van der Waals surface area contributed by atoms with Gasteiger partial charge in [-0.05, 0) is 60.7 Å². The Kier molecular flexibility index (Phi) is 6.23. The summed E-state index contributed by atoms with van der Waals surface area (Å²) < 4.78 is 12.0. The number of carbonyl (C=O) groups is 2. The van der Waals surface area contributed by atoms with Gasteiger partial charge < -0.3 is 19.7 Å². The Morgan fingerprint density at radius 1 is 1.00 bits per heavy atom. The lowest BCUT2D eigenvalue weighted by molar-refractivity contribution is -0.122. The Bertz CT molecular complexity index is 1080. The molecule has 2 amide bonds. The van der Waals surface area contributed by atoms with Gasteiger partial charge in [-0.3, -0.25) is 9.59 Å². The standard InChI is InChI=1S/C24H21BrN2O4/c1-30-22-4-2-3-19(14-22)27-15-16(13-23(27)28)24(29)26-18-7-11-21(12-8-18)31-20-9-5-17(25)6-10-20/h2-12,14,16H,13,15H2,1H3,(H,26,29)/t16-/m0/s1. The number of halogens is 1. The van der Waals surface area contributed by atoms with Crippen LogP contribution in [0.2, 0.25) is 0 Å². The summed E-state index contributed by atoms with van der Waals surface area (Å²) >= 11 is 3.39. The maximum atomic E-state index is 12.7. The van der Waals surface area contributed by atoms with E-state index in [1.54, 1.807) is 42.3 Å². The van der Waals surface area contributed by atoms with Crippen molar-refractivity contribution in [2.45, 2.75) is 6.42 Å². The van der Waals surface area contributed by atoms with Crippen LogP contribution in [0.15, 0.2) is 77.3 Å². The van der Waals surface area contributed by atoms with Crippen molar-refractivity contribution in [1.82, 2.24) is 0 Å². The van der Waals surface area contributed by atoms with E-state index >= 15 is 0 Å². The maximum Gasteiger partial charge on any atom is 0.229 e. The number of benzene rings is 3. The first-order chi connectivity index (χ1) is 15.0. The minimum absolute atomic E-state index is 0.0772. The van der Waals surface area contributed by atoms with Crippen molar-refractivity contribution in [3.8, 4) is 17.2 Å². The average Bonchev–Trinajstić information content (AvgIpc) is 3.18. The zero-order valence-corrected chi connectivity index (χ0v) is 18.5. The largest absolute Gasteiger partial charge is 0.497 e. The lowest BCUT2D eigenvalue weighted by atomic mass is 10.1. The highest BCUT2D eigenvalue weighted by atomic mass is 79.9. The molecule has 1 N–H and O–H groups in total. The first-order valence-electron chi connectivity index (χ1n) is 9.80. The molecule has 4 rings (SSSR count). The highest BCUT2D eigenvalue weighted by Crippen LogP contribution is 2.29. The molecule has 0 unspecified atom stereocenters. The summed E-state index contributed by atoms with van der Waals surface area (Å²) in [4.78, 5) is 26.8. The molecule has 1 heterocycles. The van der Waals surface area contributed by atoms with E-state index < -0.39 is 5.92 Å². The highest BCUT2D eigenvalue weighted by molar-refractivity contribution is 9.10. The molecule has 0 aliphatic carbocycles. The molecule has 1 aliphatic heterocycles. The van der Waals surface area contributed by atoms with Gasteiger partial charge in [-0.25, -0.2) is 0 Å². The normalized spacial score (nSPS) is 15.6. The molecule has 0 bridgehead atoms. The van der Waals surface area contributed by atoms with Crippen molar-refractivity contribution in [1.29, 1.82) is 0 Å². The molecule has 1 fully saturated rings. The third-order valence-corrected chi connectivity index (χ3v) is 5.56. The summed E-state index contributed by atoms with van der Waals surface area (Å²) in [5.74, 6) is 1.38. The predicted octanol–water partition coefficient (Wildman–Crippen LogP) is 5.24. The van der Waals surface area contributed by atoms with E-state index in [1.165, 1.54) is 0 Å². The molecule has 0 spiro atoms. The van der Waals surface area contributed by atoms with Crippen LogP contribution in [0.3, 0.4) is 0 Å². The van der Waals surface area contributed by atoms with E-state index in [0.717, 1.165) is 15.9 Å². The van der Waals surface area contributed by atoms with Crippen LogP contribution in [0.1, 0.15) is 6.42 Å². The summed E-state index contributed by atoms with van der Waals surface area (Å²) in [7, 11) is 1.58. The molecule has 3 aromatic carbocycles. The number of amides is 2. The molecule has 1 saturated heterocycles. The fraction of sp³-hybridized carbons (Fsp3) is 0.167. The lowest BCUT2D eigenvalue weighted by Crippen LogP contribution is -2.28. The number of hydrogen-bond acceptors (Lipinski definition) is 4. The van der Waals surface area contributed by atoms with E-state index in [4.69, 9.17) is 9.47 Å². The number of anilines is 2. The van der Waals surface area contributed by atoms with Gasteiger partial charge in [-0.2, -0.15) is 0 Å². The molecule has 7 heteroatoms. The summed E-state index contributed by atoms with van der Waals surface area (Å²) in [5, 5.41) is 2.89. The lowest BCUT2D eigenvalue weighted by Gasteiger charge is -2.17. The fourth-order valence-electron chi connectivity index (χ4n) is 3.40. The van der Waals surface area contributed by atoms with E-state index in [1.807, 2.05) is 42.5 Å². The van der Waals surface area contributed by atoms with Crippen LogP contribution in [0, 0.1) is 5.92 Å². The van der Waals surface area contributed by atoms with Gasteiger partial charge in [0.25, 0.3) is 0 Å². The second kappa shape index (κ2) is 9.22. The van der Waals surface area contributed by atoms with Crippen molar-refractivity contribution in [2.24, 2.45) is 5.92 Å². The number of rotatable bonds is 6. The SMILES string of the molecule is COc1cccc(N2C[C@@H](C(=O)Nc3ccc(Oc4ccc(Br)cc4)cc3)CC2=O)c1. The van der Waals surface area contributed by atoms with Crippen LogP contribution in [0.25, 0.3) is 0 Å². The van der Waals surface area contributed by atoms with Gasteiger partial charge in [0.1, 0.15) is 17.2 Å². The van der Waals surface area contributed by atoms with Gasteiger partial charge in [0.2, 0.25) is 11.8 Å². The van der Waals surface area contributed by atoms with Crippen LogP contribution in [0.4, 0.5) is 11.4 Å². The van der Waals surface area contributed by atoms with Gasteiger partial charge >= 0.3 is 0 Å². The molecule has 1 aliphatic rings. The molecule has 3 aromatic rings. The maximum absolute atomic E-state index is 12.7. The molecular weight excluding hydrogens is 460 g/mol. The third-order valence-electron chi connectivity index (χ3n) is 5.03. The first kappa shape index (κ1) is 20.9. The van der Waals surface area contributed by atoms with Crippen LogP contribution in [-0.4, -0.2) is 25.5 Å². The van der Waals surface area contributed by atoms with Crippen molar-refractivity contribution in [2.75, 3.05) is 23.9 Å². The zero-order chi connectivity index (χ0) is 21.8. The Balaban J connectivity index is 1.37. The smallest absolute Gasteiger partial charge is 0.229 e. The molecule has 0 radical (unpaired) electrons. The summed E-state index contributed by atoms with van der Waals surface area (Å²) in [5.41, 5.74) is 1.38. The summed E-state index contributed by atoms with van der Waals surface area (Å²) in [6.45, 7) is 0.336. The Hall–Kier alpha value is -3.32. The number of ether oxygens (including phenoxy) is 2. The average molecular weight is 481 g/mol. The molecule has 6 nitrogen and oxygen atoms in total. The van der Waals surface area contributed by atoms with E-state index in [9.17, 15) is 9.59 Å². The van der Waals surface area contributed by atoms with Gasteiger partial charge in [-0.1, -0.05) is 22.0 Å². The predicted molar refractivity (Wildman–Crippen MR) is 123 cm³/mol. The third kappa shape index (κ3) is 5.06. The fourth-order valence-corrected chi connectivity index (χ4v) is 3.66. The van der Waals surface area contributed by atoms with Gasteiger partial charge in [0, 0.05) is 34.9 Å². The van der Waals surface area contributed by atoms with E-state index in [0.29, 0.717) is 23.7 Å². The molecule has 1 atom stereocenters. The minimum Gasteiger partial charge on any atom is -0.497 e. The van der Waals surface area contributed by atoms with Crippen molar-refractivity contribution in [3.05, 3.63) is 77.3 Å². The number of nitrogens with zero attached hydrogens (tertiary/aromatic N) is 1. The molecule has 0 aromatic heterocycles. The number of nitrogens with one attached hydrogen (secondary N) is 1. The molecular formula is C24H21BrN2O4. The summed E-state index contributed by atoms with van der Waals surface area (Å²) in [6, 6.07) is 22.0. The Morgan fingerprint density at radius 2 is 1.68 bits per heavy atom. The number of methoxy groups -OCH3 is 1. The Morgan fingerprint density at radius 3 is 2.35 bits per heavy atom. The minimum atomic E-state index is -0.419. The second-order valence-electron chi connectivity index (χ2n) is 7.18. The first-order valence-corrected chi connectivity index (χ1v) is 10.6. The molecule has 0 saturated carbocycles. The quantitative estimate of drug-likeness (QED) is 0.523.